The van der Waals surface area contributed by atoms with Gasteiger partial charge >= 0.3 is 0 Å². The Labute approximate surface area is 117 Å². The summed E-state index contributed by atoms with van der Waals surface area (Å²) in [6.07, 6.45) is 1.42. The monoisotopic (exact) mass is 303 g/mol. The van der Waals surface area contributed by atoms with E-state index in [9.17, 15) is 4.39 Å². The van der Waals surface area contributed by atoms with E-state index in [0.29, 0.717) is 10.7 Å². The average molecular weight is 304 g/mol. The van der Waals surface area contributed by atoms with Gasteiger partial charge in [0.05, 0.1) is 22.0 Å². The Hall–Kier alpha value is -1.17. The van der Waals surface area contributed by atoms with Gasteiger partial charge in [0.2, 0.25) is 5.13 Å². The van der Waals surface area contributed by atoms with Crippen molar-refractivity contribution in [3.8, 4) is 0 Å². The Morgan fingerprint density at radius 3 is 2.89 bits per heavy atom. The second kappa shape index (κ2) is 5.65. The number of nitrogens with one attached hydrogen (secondary N) is 1. The lowest BCUT2D eigenvalue weighted by molar-refractivity contribution is 0.628. The highest BCUT2D eigenvalue weighted by Gasteiger charge is 2.08. The first-order chi connectivity index (χ1) is 8.58. The Kier molecular flexibility index (Phi) is 4.16. The van der Waals surface area contributed by atoms with Crippen LogP contribution < -0.4 is 5.43 Å². The Morgan fingerprint density at radius 1 is 1.44 bits per heavy atom. The molecule has 0 aliphatic heterocycles. The molecule has 1 aromatic heterocycles. The number of halogens is 3. The number of hydrogen-bond donors (Lipinski definition) is 1. The molecule has 2 aromatic rings. The smallest absolute Gasteiger partial charge is 0.203 e. The van der Waals surface area contributed by atoms with Crippen molar-refractivity contribution in [3.63, 3.8) is 0 Å². The van der Waals surface area contributed by atoms with Gasteiger partial charge in [0, 0.05) is 10.9 Å². The number of aromatic nitrogens is 1. The zero-order valence-electron chi connectivity index (χ0n) is 9.25. The zero-order valence-corrected chi connectivity index (χ0v) is 11.6. The van der Waals surface area contributed by atoms with Crippen molar-refractivity contribution >= 4 is 45.9 Å². The molecule has 7 heteroatoms. The molecule has 0 unspecified atom stereocenters. The molecule has 1 N–H and O–H groups in total. The highest BCUT2D eigenvalue weighted by atomic mass is 35.5. The number of nitrogens with zero attached hydrogens (tertiary/aromatic N) is 2. The van der Waals surface area contributed by atoms with Gasteiger partial charge in [-0.25, -0.2) is 9.37 Å². The van der Waals surface area contributed by atoms with Crippen LogP contribution in [0.4, 0.5) is 9.52 Å². The molecule has 1 aromatic carbocycles. The normalized spacial score (nSPS) is 11.1. The van der Waals surface area contributed by atoms with Gasteiger partial charge in [0.15, 0.2) is 5.82 Å². The maximum atomic E-state index is 13.4. The second-order valence-corrected chi connectivity index (χ2v) is 5.07. The first-order valence-corrected chi connectivity index (χ1v) is 6.56. The molecule has 0 radical (unpaired) electrons. The van der Waals surface area contributed by atoms with Crippen LogP contribution in [0.2, 0.25) is 10.0 Å². The standard InChI is InChI=1S/C11H8Cl2FN3S/c1-6-5-18-11(16-6)17-15-4-7-2-3-8(12)10(14)9(7)13/h2-5H,1H3,(H,16,17). The van der Waals surface area contributed by atoms with Crippen LogP contribution in [0.5, 0.6) is 0 Å². The van der Waals surface area contributed by atoms with Gasteiger partial charge in [0.25, 0.3) is 0 Å². The van der Waals surface area contributed by atoms with E-state index in [2.05, 4.69) is 15.5 Å². The maximum absolute atomic E-state index is 13.4. The lowest BCUT2D eigenvalue weighted by atomic mass is 10.2. The first-order valence-electron chi connectivity index (χ1n) is 4.92. The van der Waals surface area contributed by atoms with Crippen LogP contribution >= 0.6 is 34.5 Å². The largest absolute Gasteiger partial charge is 0.253 e. The van der Waals surface area contributed by atoms with Crippen LogP contribution in [-0.2, 0) is 0 Å². The third-order valence-electron chi connectivity index (χ3n) is 2.05. The molecule has 0 atom stereocenters. The molecule has 0 amide bonds. The van der Waals surface area contributed by atoms with Gasteiger partial charge in [-0.1, -0.05) is 29.3 Å². The molecular weight excluding hydrogens is 296 g/mol. The van der Waals surface area contributed by atoms with Crippen LogP contribution in [-0.4, -0.2) is 11.2 Å². The summed E-state index contributed by atoms with van der Waals surface area (Å²) >= 11 is 12.8. The van der Waals surface area contributed by atoms with E-state index in [1.54, 1.807) is 6.07 Å². The highest BCUT2D eigenvalue weighted by molar-refractivity contribution is 7.13. The number of anilines is 1. The molecular formula is C11H8Cl2FN3S. The SMILES string of the molecule is Cc1csc(NN=Cc2ccc(Cl)c(F)c2Cl)n1. The summed E-state index contributed by atoms with van der Waals surface area (Å²) < 4.78 is 13.4. The van der Waals surface area contributed by atoms with Gasteiger partial charge in [-0.3, -0.25) is 5.43 Å². The lowest BCUT2D eigenvalue weighted by Crippen LogP contribution is -1.92. The van der Waals surface area contributed by atoms with E-state index in [-0.39, 0.29) is 10.0 Å². The molecule has 18 heavy (non-hydrogen) atoms. The average Bonchev–Trinajstić information content (AvgIpc) is 2.75. The summed E-state index contributed by atoms with van der Waals surface area (Å²) in [5, 5.41) is 6.43. The minimum absolute atomic E-state index is 0.0133. The fourth-order valence-corrected chi connectivity index (χ4v) is 2.26. The van der Waals surface area contributed by atoms with Crippen molar-refractivity contribution in [2.45, 2.75) is 6.92 Å². The van der Waals surface area contributed by atoms with Crippen molar-refractivity contribution < 1.29 is 4.39 Å². The molecule has 0 saturated carbocycles. The molecule has 0 spiro atoms. The van der Waals surface area contributed by atoms with Crippen molar-refractivity contribution in [1.29, 1.82) is 0 Å². The summed E-state index contributed by atoms with van der Waals surface area (Å²) in [4.78, 5) is 4.16. The van der Waals surface area contributed by atoms with Gasteiger partial charge in [-0.05, 0) is 13.0 Å². The van der Waals surface area contributed by atoms with Gasteiger partial charge in [0.1, 0.15) is 0 Å². The Bertz CT molecular complexity index is 598. The minimum atomic E-state index is -0.646. The first kappa shape index (κ1) is 13.3. The number of hydrogen-bond acceptors (Lipinski definition) is 4. The number of thiazole rings is 1. The highest BCUT2D eigenvalue weighted by Crippen LogP contribution is 2.25. The zero-order chi connectivity index (χ0) is 13.1. The molecule has 1 heterocycles. The van der Waals surface area contributed by atoms with E-state index in [4.69, 9.17) is 23.2 Å². The molecule has 0 aliphatic rings. The summed E-state index contributed by atoms with van der Waals surface area (Å²) in [5.74, 6) is -0.646. The van der Waals surface area contributed by atoms with E-state index >= 15 is 0 Å². The van der Waals surface area contributed by atoms with Crippen molar-refractivity contribution in [2.75, 3.05) is 5.43 Å². The summed E-state index contributed by atoms with van der Waals surface area (Å²) in [6.45, 7) is 1.89. The number of aryl methyl sites for hydroxylation is 1. The molecule has 0 fully saturated rings. The van der Waals surface area contributed by atoms with E-state index in [1.807, 2.05) is 12.3 Å². The van der Waals surface area contributed by atoms with Crippen LogP contribution in [0.25, 0.3) is 0 Å². The number of rotatable bonds is 3. The van der Waals surface area contributed by atoms with Gasteiger partial charge in [-0.15, -0.1) is 11.3 Å². The third-order valence-corrected chi connectivity index (χ3v) is 3.59. The predicted molar refractivity (Wildman–Crippen MR) is 74.5 cm³/mol. The lowest BCUT2D eigenvalue weighted by Gasteiger charge is -2.01. The molecule has 94 valence electrons. The summed E-state index contributed by atoms with van der Waals surface area (Å²) in [7, 11) is 0. The van der Waals surface area contributed by atoms with E-state index in [0.717, 1.165) is 5.69 Å². The number of hydrazone groups is 1. The Balaban J connectivity index is 2.12. The fourth-order valence-electron chi connectivity index (χ4n) is 1.20. The van der Waals surface area contributed by atoms with Gasteiger partial charge < -0.3 is 0 Å². The Morgan fingerprint density at radius 2 is 2.22 bits per heavy atom. The second-order valence-electron chi connectivity index (χ2n) is 3.43. The van der Waals surface area contributed by atoms with Crippen LogP contribution in [0.3, 0.4) is 0 Å². The molecule has 0 aliphatic carbocycles. The van der Waals surface area contributed by atoms with Crippen LogP contribution in [0, 0.1) is 12.7 Å². The molecule has 0 bridgehead atoms. The predicted octanol–water partition coefficient (Wildman–Crippen LogP) is 4.34. The molecule has 2 rings (SSSR count). The summed E-state index contributed by atoms with van der Waals surface area (Å²) in [6, 6.07) is 3.02. The van der Waals surface area contributed by atoms with Crippen molar-refractivity contribution in [2.24, 2.45) is 5.10 Å². The third kappa shape index (κ3) is 2.98. The van der Waals surface area contributed by atoms with Crippen LogP contribution in [0.1, 0.15) is 11.3 Å². The maximum Gasteiger partial charge on any atom is 0.203 e. The summed E-state index contributed by atoms with van der Waals surface area (Å²) in [5.41, 5.74) is 4.09. The molecule has 0 saturated heterocycles. The fraction of sp³-hybridized carbons (Fsp3) is 0.0909. The van der Waals surface area contributed by atoms with E-state index < -0.39 is 5.82 Å². The van der Waals surface area contributed by atoms with E-state index in [1.165, 1.54) is 23.6 Å². The number of benzene rings is 1. The van der Waals surface area contributed by atoms with Gasteiger partial charge in [-0.2, -0.15) is 5.10 Å². The topological polar surface area (TPSA) is 37.3 Å². The van der Waals surface area contributed by atoms with Crippen molar-refractivity contribution in [1.82, 2.24) is 4.98 Å². The van der Waals surface area contributed by atoms with Crippen molar-refractivity contribution in [3.05, 3.63) is 44.6 Å². The molecule has 3 nitrogen and oxygen atoms in total. The minimum Gasteiger partial charge on any atom is -0.253 e. The quantitative estimate of drug-likeness (QED) is 0.520. The van der Waals surface area contributed by atoms with Crippen LogP contribution in [0.15, 0.2) is 22.6 Å².